The van der Waals surface area contributed by atoms with Crippen molar-refractivity contribution in [1.29, 1.82) is 0 Å². The van der Waals surface area contributed by atoms with Crippen LogP contribution in [-0.2, 0) is 16.6 Å². The molecule has 0 aliphatic rings. The van der Waals surface area contributed by atoms with Gasteiger partial charge in [-0.05, 0) is 29.8 Å². The van der Waals surface area contributed by atoms with Crippen LogP contribution < -0.4 is 10.1 Å². The van der Waals surface area contributed by atoms with Gasteiger partial charge in [-0.2, -0.15) is 4.31 Å². The van der Waals surface area contributed by atoms with Gasteiger partial charge in [-0.25, -0.2) is 8.42 Å². The van der Waals surface area contributed by atoms with Crippen molar-refractivity contribution in [3.8, 4) is 5.75 Å². The number of hydrogen-bond donors (Lipinski definition) is 1. The fraction of sp³-hybridized carbons (Fsp3) is 0.278. The minimum Gasteiger partial charge on any atom is -0.496 e. The number of benzene rings is 2. The van der Waals surface area contributed by atoms with Crippen LogP contribution in [0.3, 0.4) is 0 Å². The van der Waals surface area contributed by atoms with Gasteiger partial charge in [-0.15, -0.1) is 0 Å². The summed E-state index contributed by atoms with van der Waals surface area (Å²) >= 11 is 5.85. The Kier molecular flexibility index (Phi) is 7.02. The number of halogens is 1. The topological polar surface area (TPSA) is 75.7 Å². The minimum atomic E-state index is -3.42. The van der Waals surface area contributed by atoms with Crippen molar-refractivity contribution < 1.29 is 17.9 Å². The summed E-state index contributed by atoms with van der Waals surface area (Å²) in [5.74, 6) is 0.147. The molecule has 0 aliphatic carbocycles. The third kappa shape index (κ3) is 5.72. The van der Waals surface area contributed by atoms with Gasteiger partial charge in [0.15, 0.2) is 0 Å². The summed E-state index contributed by atoms with van der Waals surface area (Å²) in [6, 6.07) is 13.8. The quantitative estimate of drug-likeness (QED) is 0.744. The fourth-order valence-electron chi connectivity index (χ4n) is 2.38. The van der Waals surface area contributed by atoms with Crippen molar-refractivity contribution in [3.63, 3.8) is 0 Å². The van der Waals surface area contributed by atoms with Crippen LogP contribution in [0.5, 0.6) is 5.75 Å². The second-order valence-electron chi connectivity index (χ2n) is 5.68. The zero-order chi connectivity index (χ0) is 19.2. The maximum atomic E-state index is 12.3. The molecule has 0 bridgehead atoms. The van der Waals surface area contributed by atoms with Gasteiger partial charge in [-0.3, -0.25) is 4.79 Å². The first-order valence-corrected chi connectivity index (χ1v) is 10.1. The van der Waals surface area contributed by atoms with E-state index in [1.54, 1.807) is 48.5 Å². The summed E-state index contributed by atoms with van der Waals surface area (Å²) < 4.78 is 30.5. The van der Waals surface area contributed by atoms with Gasteiger partial charge in [0.1, 0.15) is 5.75 Å². The lowest BCUT2D eigenvalue weighted by Crippen LogP contribution is -2.37. The smallest absolute Gasteiger partial charge is 0.255 e. The first-order valence-electron chi connectivity index (χ1n) is 7.92. The van der Waals surface area contributed by atoms with Crippen LogP contribution in [0.25, 0.3) is 0 Å². The molecule has 0 saturated heterocycles. The molecule has 0 aliphatic heterocycles. The van der Waals surface area contributed by atoms with Crippen molar-refractivity contribution in [3.05, 3.63) is 64.7 Å². The molecule has 8 heteroatoms. The van der Waals surface area contributed by atoms with Crippen LogP contribution in [0.1, 0.15) is 15.9 Å². The van der Waals surface area contributed by atoms with Crippen LogP contribution in [0.4, 0.5) is 0 Å². The first-order chi connectivity index (χ1) is 12.3. The molecule has 140 valence electrons. The third-order valence-electron chi connectivity index (χ3n) is 3.74. The first kappa shape index (κ1) is 20.2. The molecule has 2 rings (SSSR count). The lowest BCUT2D eigenvalue weighted by atomic mass is 10.2. The minimum absolute atomic E-state index is 0.155. The molecule has 0 fully saturated rings. The Morgan fingerprint density at radius 3 is 2.42 bits per heavy atom. The number of hydrogen-bond acceptors (Lipinski definition) is 4. The highest BCUT2D eigenvalue weighted by molar-refractivity contribution is 7.88. The maximum Gasteiger partial charge on any atom is 0.255 e. The summed E-state index contributed by atoms with van der Waals surface area (Å²) in [6.45, 7) is 0.542. The summed E-state index contributed by atoms with van der Waals surface area (Å²) in [4.78, 5) is 12.3. The van der Waals surface area contributed by atoms with Gasteiger partial charge < -0.3 is 10.1 Å². The molecular formula is C18H21ClN2O4S. The van der Waals surface area contributed by atoms with Crippen LogP contribution in [-0.4, -0.2) is 45.1 Å². The molecule has 0 atom stereocenters. The molecular weight excluding hydrogens is 376 g/mol. The van der Waals surface area contributed by atoms with E-state index >= 15 is 0 Å². The van der Waals surface area contributed by atoms with E-state index in [-0.39, 0.29) is 25.5 Å². The fourth-order valence-corrected chi connectivity index (χ4v) is 3.31. The van der Waals surface area contributed by atoms with Gasteiger partial charge in [0.05, 0.1) is 18.9 Å². The number of carbonyl (C=O) groups excluding carboxylic acids is 1. The van der Waals surface area contributed by atoms with E-state index in [2.05, 4.69) is 5.32 Å². The van der Waals surface area contributed by atoms with E-state index < -0.39 is 10.0 Å². The van der Waals surface area contributed by atoms with Crippen molar-refractivity contribution in [2.45, 2.75) is 6.54 Å². The Bertz CT molecular complexity index is 854. The van der Waals surface area contributed by atoms with Crippen LogP contribution in [0, 0.1) is 0 Å². The number of rotatable bonds is 8. The number of para-hydroxylation sites is 1. The number of ether oxygens (including phenoxy) is 1. The second-order valence-corrected chi connectivity index (χ2v) is 8.10. The number of nitrogens with zero attached hydrogens (tertiary/aromatic N) is 1. The molecule has 0 aromatic heterocycles. The molecule has 2 aromatic rings. The van der Waals surface area contributed by atoms with Crippen LogP contribution in [0.15, 0.2) is 48.5 Å². The Hall–Kier alpha value is -2.09. The Labute approximate surface area is 158 Å². The number of nitrogens with one attached hydrogen (secondary N) is 1. The van der Waals surface area contributed by atoms with E-state index in [1.807, 2.05) is 0 Å². The summed E-state index contributed by atoms with van der Waals surface area (Å²) in [6.07, 6.45) is 1.14. The van der Waals surface area contributed by atoms with Gasteiger partial charge in [0, 0.05) is 24.7 Å². The van der Waals surface area contributed by atoms with Crippen LogP contribution >= 0.6 is 11.6 Å². The average molecular weight is 397 g/mol. The molecule has 2 aromatic carbocycles. The number of carbonyl (C=O) groups is 1. The van der Waals surface area contributed by atoms with E-state index in [4.69, 9.17) is 16.3 Å². The van der Waals surface area contributed by atoms with Crippen molar-refractivity contribution >= 4 is 27.5 Å². The van der Waals surface area contributed by atoms with E-state index in [0.29, 0.717) is 16.3 Å². The predicted octanol–water partition coefficient (Wildman–Crippen LogP) is 2.54. The zero-order valence-corrected chi connectivity index (χ0v) is 16.2. The molecule has 0 saturated carbocycles. The Morgan fingerprint density at radius 1 is 1.15 bits per heavy atom. The summed E-state index contributed by atoms with van der Waals surface area (Å²) in [5, 5.41) is 3.31. The summed E-state index contributed by atoms with van der Waals surface area (Å²) in [5.41, 5.74) is 1.22. The maximum absolute atomic E-state index is 12.3. The van der Waals surface area contributed by atoms with E-state index in [0.717, 1.165) is 11.8 Å². The molecule has 1 N–H and O–H groups in total. The van der Waals surface area contributed by atoms with Crippen molar-refractivity contribution in [2.24, 2.45) is 0 Å². The molecule has 0 radical (unpaired) electrons. The standard InChI is InChI=1S/C18H21ClN2O4S/c1-25-17-6-4-3-5-16(17)18(22)20-11-12-21(26(2,23)24)13-14-7-9-15(19)10-8-14/h3-10H,11-13H2,1-2H3,(H,20,22). The third-order valence-corrected chi connectivity index (χ3v) is 5.24. The molecule has 6 nitrogen and oxygen atoms in total. The zero-order valence-electron chi connectivity index (χ0n) is 14.6. The number of sulfonamides is 1. The SMILES string of the molecule is COc1ccccc1C(=O)NCCN(Cc1ccc(Cl)cc1)S(C)(=O)=O. The molecule has 26 heavy (non-hydrogen) atoms. The lowest BCUT2D eigenvalue weighted by molar-refractivity contribution is 0.0948. The van der Waals surface area contributed by atoms with Gasteiger partial charge in [0.2, 0.25) is 10.0 Å². The number of amides is 1. The molecule has 1 amide bonds. The highest BCUT2D eigenvalue weighted by atomic mass is 35.5. The normalized spacial score (nSPS) is 11.4. The van der Waals surface area contributed by atoms with Gasteiger partial charge in [-0.1, -0.05) is 35.9 Å². The highest BCUT2D eigenvalue weighted by Crippen LogP contribution is 2.17. The van der Waals surface area contributed by atoms with E-state index in [9.17, 15) is 13.2 Å². The predicted molar refractivity (Wildman–Crippen MR) is 102 cm³/mol. The monoisotopic (exact) mass is 396 g/mol. The molecule has 0 heterocycles. The highest BCUT2D eigenvalue weighted by Gasteiger charge is 2.18. The Morgan fingerprint density at radius 2 is 1.81 bits per heavy atom. The van der Waals surface area contributed by atoms with Crippen molar-refractivity contribution in [2.75, 3.05) is 26.5 Å². The Balaban J connectivity index is 1.99. The molecule has 0 unspecified atom stereocenters. The largest absolute Gasteiger partial charge is 0.496 e. The number of methoxy groups -OCH3 is 1. The molecule has 0 spiro atoms. The lowest BCUT2D eigenvalue weighted by Gasteiger charge is -2.20. The second kappa shape index (κ2) is 9.02. The summed E-state index contributed by atoms with van der Waals surface area (Å²) in [7, 11) is -1.93. The average Bonchev–Trinajstić information content (AvgIpc) is 2.61. The van der Waals surface area contributed by atoms with Crippen LogP contribution in [0.2, 0.25) is 5.02 Å². The van der Waals surface area contributed by atoms with E-state index in [1.165, 1.54) is 11.4 Å². The van der Waals surface area contributed by atoms with Gasteiger partial charge >= 0.3 is 0 Å². The van der Waals surface area contributed by atoms with Crippen molar-refractivity contribution in [1.82, 2.24) is 9.62 Å². The van der Waals surface area contributed by atoms with Gasteiger partial charge in [0.25, 0.3) is 5.91 Å².